The molecule has 0 aliphatic heterocycles. The lowest BCUT2D eigenvalue weighted by Gasteiger charge is -2.17. The summed E-state index contributed by atoms with van der Waals surface area (Å²) in [6, 6.07) is 13.4. The Morgan fingerprint density at radius 3 is 2.86 bits per heavy atom. The Labute approximate surface area is 134 Å². The van der Waals surface area contributed by atoms with Gasteiger partial charge in [-0.15, -0.1) is 0 Å². The number of nitrogens with one attached hydrogen (secondary N) is 1. The minimum absolute atomic E-state index is 0.00820. The average molecular weight is 311 g/mol. The second kappa shape index (κ2) is 5.82. The fourth-order valence-electron chi connectivity index (χ4n) is 2.90. The highest BCUT2D eigenvalue weighted by Gasteiger charge is 2.23. The summed E-state index contributed by atoms with van der Waals surface area (Å²) in [6.07, 6.45) is 1.91. The van der Waals surface area contributed by atoms with E-state index in [2.05, 4.69) is 11.4 Å². The van der Waals surface area contributed by atoms with Crippen molar-refractivity contribution in [2.45, 2.75) is 25.8 Å². The van der Waals surface area contributed by atoms with Crippen LogP contribution in [0.5, 0.6) is 0 Å². The molecule has 2 aromatic rings. The number of Topliss-reactive ketones (excluding diaryl/α,β-unsaturated/α-hetero) is 1. The Hall–Kier alpha value is -2.31. The highest BCUT2D eigenvalue weighted by atomic mass is 35.5. The number of carbonyl (C=O) groups excluding carboxylic acids is 1. The topological polar surface area (TPSA) is 52.9 Å². The van der Waals surface area contributed by atoms with Crippen molar-refractivity contribution in [1.29, 1.82) is 5.26 Å². The molecule has 0 saturated heterocycles. The molecule has 1 atom stereocenters. The van der Waals surface area contributed by atoms with Crippen LogP contribution in [0.1, 0.15) is 46.4 Å². The number of hydrogen-bond acceptors (Lipinski definition) is 3. The zero-order valence-corrected chi connectivity index (χ0v) is 12.9. The van der Waals surface area contributed by atoms with Crippen LogP contribution in [-0.2, 0) is 6.42 Å². The molecule has 0 heterocycles. The standard InChI is InChI=1S/C18H15ClN2O/c1-11(22)12-2-3-14(10-20)18(9-12)21-17-7-4-13-8-15(19)5-6-16(13)17/h2-3,5-6,8-9,17,21H,4,7H2,1H3. The molecular formula is C18H15ClN2O. The molecule has 3 nitrogen and oxygen atoms in total. The highest BCUT2D eigenvalue weighted by Crippen LogP contribution is 2.36. The third kappa shape index (κ3) is 2.70. The fraction of sp³-hybridized carbons (Fsp3) is 0.222. The van der Waals surface area contributed by atoms with E-state index >= 15 is 0 Å². The molecule has 0 radical (unpaired) electrons. The van der Waals surface area contributed by atoms with E-state index in [1.165, 1.54) is 18.1 Å². The highest BCUT2D eigenvalue weighted by molar-refractivity contribution is 6.30. The number of rotatable bonds is 3. The molecule has 3 rings (SSSR count). The predicted molar refractivity (Wildman–Crippen MR) is 87.3 cm³/mol. The van der Waals surface area contributed by atoms with E-state index in [1.807, 2.05) is 18.2 Å². The molecule has 110 valence electrons. The van der Waals surface area contributed by atoms with Gasteiger partial charge in [0.15, 0.2) is 5.78 Å². The molecule has 0 spiro atoms. The van der Waals surface area contributed by atoms with Crippen LogP contribution in [0.4, 0.5) is 5.69 Å². The van der Waals surface area contributed by atoms with Crippen molar-refractivity contribution < 1.29 is 4.79 Å². The van der Waals surface area contributed by atoms with Crippen LogP contribution in [-0.4, -0.2) is 5.78 Å². The maximum atomic E-state index is 11.5. The largest absolute Gasteiger partial charge is 0.377 e. The monoisotopic (exact) mass is 310 g/mol. The molecule has 1 aliphatic carbocycles. The van der Waals surface area contributed by atoms with E-state index in [0.717, 1.165) is 17.9 Å². The number of anilines is 1. The van der Waals surface area contributed by atoms with Crippen LogP contribution in [0.2, 0.25) is 5.02 Å². The molecule has 1 N–H and O–H groups in total. The third-order valence-corrected chi connectivity index (χ3v) is 4.29. The average Bonchev–Trinajstić information content (AvgIpc) is 2.89. The number of nitriles is 1. The van der Waals surface area contributed by atoms with Gasteiger partial charge in [-0.3, -0.25) is 4.79 Å². The number of nitrogens with zero attached hydrogens (tertiary/aromatic N) is 1. The SMILES string of the molecule is CC(=O)c1ccc(C#N)c(NC2CCc3cc(Cl)ccc32)c1. The van der Waals surface area contributed by atoms with Gasteiger partial charge in [0.05, 0.1) is 17.3 Å². The van der Waals surface area contributed by atoms with Gasteiger partial charge in [0.25, 0.3) is 0 Å². The summed E-state index contributed by atoms with van der Waals surface area (Å²) in [6.45, 7) is 1.53. The summed E-state index contributed by atoms with van der Waals surface area (Å²) in [7, 11) is 0. The number of ketones is 1. The molecule has 4 heteroatoms. The van der Waals surface area contributed by atoms with Gasteiger partial charge in [0.1, 0.15) is 6.07 Å². The van der Waals surface area contributed by atoms with Crippen molar-refractivity contribution >= 4 is 23.1 Å². The summed E-state index contributed by atoms with van der Waals surface area (Å²) in [5.41, 5.74) is 4.32. The molecule has 2 aromatic carbocycles. The second-order valence-corrected chi connectivity index (χ2v) is 5.94. The van der Waals surface area contributed by atoms with Gasteiger partial charge in [-0.2, -0.15) is 5.26 Å². The fourth-order valence-corrected chi connectivity index (χ4v) is 3.10. The normalized spacial score (nSPS) is 16.0. The van der Waals surface area contributed by atoms with Crippen molar-refractivity contribution in [3.63, 3.8) is 0 Å². The van der Waals surface area contributed by atoms with E-state index in [9.17, 15) is 10.1 Å². The first-order chi connectivity index (χ1) is 10.6. The van der Waals surface area contributed by atoms with Crippen molar-refractivity contribution in [3.05, 3.63) is 63.7 Å². The second-order valence-electron chi connectivity index (χ2n) is 5.51. The van der Waals surface area contributed by atoms with Crippen LogP contribution >= 0.6 is 11.6 Å². The molecule has 1 unspecified atom stereocenters. The predicted octanol–water partition coefficient (Wildman–Crippen LogP) is 4.51. The maximum absolute atomic E-state index is 11.5. The van der Waals surface area contributed by atoms with E-state index < -0.39 is 0 Å². The molecule has 0 aromatic heterocycles. The smallest absolute Gasteiger partial charge is 0.159 e. The van der Waals surface area contributed by atoms with Crippen molar-refractivity contribution in [2.24, 2.45) is 0 Å². The van der Waals surface area contributed by atoms with E-state index in [1.54, 1.807) is 18.2 Å². The van der Waals surface area contributed by atoms with E-state index in [0.29, 0.717) is 16.8 Å². The van der Waals surface area contributed by atoms with Crippen LogP contribution in [0.3, 0.4) is 0 Å². The van der Waals surface area contributed by atoms with Crippen molar-refractivity contribution in [3.8, 4) is 6.07 Å². The maximum Gasteiger partial charge on any atom is 0.159 e. The van der Waals surface area contributed by atoms with Crippen LogP contribution in [0, 0.1) is 11.3 Å². The molecule has 0 fully saturated rings. The molecule has 0 bridgehead atoms. The van der Waals surface area contributed by atoms with E-state index in [4.69, 9.17) is 11.6 Å². The summed E-state index contributed by atoms with van der Waals surface area (Å²) < 4.78 is 0. The lowest BCUT2D eigenvalue weighted by Crippen LogP contribution is -2.09. The summed E-state index contributed by atoms with van der Waals surface area (Å²) >= 11 is 6.03. The Morgan fingerprint density at radius 2 is 2.14 bits per heavy atom. The van der Waals surface area contributed by atoms with Gasteiger partial charge in [0.2, 0.25) is 0 Å². The van der Waals surface area contributed by atoms with Crippen LogP contribution in [0.15, 0.2) is 36.4 Å². The van der Waals surface area contributed by atoms with Gasteiger partial charge in [-0.25, -0.2) is 0 Å². The Bertz CT molecular complexity index is 792. The molecule has 22 heavy (non-hydrogen) atoms. The first-order valence-electron chi connectivity index (χ1n) is 7.18. The van der Waals surface area contributed by atoms with Crippen LogP contribution in [0.25, 0.3) is 0 Å². The number of aryl methyl sites for hydroxylation is 1. The van der Waals surface area contributed by atoms with Crippen LogP contribution < -0.4 is 5.32 Å². The number of fused-ring (bicyclic) bond motifs is 1. The first kappa shape index (κ1) is 14.6. The minimum Gasteiger partial charge on any atom is -0.377 e. The molecule has 0 amide bonds. The third-order valence-electron chi connectivity index (χ3n) is 4.06. The van der Waals surface area contributed by atoms with Gasteiger partial charge >= 0.3 is 0 Å². The first-order valence-corrected chi connectivity index (χ1v) is 7.56. The Morgan fingerprint density at radius 1 is 1.32 bits per heavy atom. The number of carbonyl (C=O) groups is 1. The van der Waals surface area contributed by atoms with Gasteiger partial charge in [-0.1, -0.05) is 17.7 Å². The van der Waals surface area contributed by atoms with Crippen molar-refractivity contribution in [1.82, 2.24) is 0 Å². The minimum atomic E-state index is -0.00820. The molecule has 0 saturated carbocycles. The molecule has 1 aliphatic rings. The summed E-state index contributed by atoms with van der Waals surface area (Å²) in [5.74, 6) is -0.00820. The number of hydrogen-bond donors (Lipinski definition) is 1. The lowest BCUT2D eigenvalue weighted by molar-refractivity contribution is 0.101. The van der Waals surface area contributed by atoms with E-state index in [-0.39, 0.29) is 11.8 Å². The summed E-state index contributed by atoms with van der Waals surface area (Å²) in [5, 5.41) is 13.4. The summed E-state index contributed by atoms with van der Waals surface area (Å²) in [4.78, 5) is 11.5. The van der Waals surface area contributed by atoms with Gasteiger partial charge in [-0.05, 0) is 61.2 Å². The lowest BCUT2D eigenvalue weighted by atomic mass is 10.0. The number of benzene rings is 2. The van der Waals surface area contributed by atoms with Gasteiger partial charge < -0.3 is 5.32 Å². The van der Waals surface area contributed by atoms with Gasteiger partial charge in [0, 0.05) is 10.6 Å². The molecular weight excluding hydrogens is 296 g/mol. The van der Waals surface area contributed by atoms with Crippen molar-refractivity contribution in [2.75, 3.05) is 5.32 Å². The quantitative estimate of drug-likeness (QED) is 0.848. The Kier molecular flexibility index (Phi) is 3.87. The zero-order chi connectivity index (χ0) is 15.7. The zero-order valence-electron chi connectivity index (χ0n) is 12.2. The number of halogens is 1. The Balaban J connectivity index is 1.93.